The summed E-state index contributed by atoms with van der Waals surface area (Å²) >= 11 is 0. The molecule has 0 aliphatic heterocycles. The molecule has 3 rings (SSSR count). The van der Waals surface area contributed by atoms with Crippen LogP contribution in [0.15, 0.2) is 42.5 Å². The van der Waals surface area contributed by atoms with Crippen LogP contribution in [-0.2, 0) is 31.9 Å². The van der Waals surface area contributed by atoms with Gasteiger partial charge < -0.3 is 14.2 Å². The van der Waals surface area contributed by atoms with E-state index in [-0.39, 0.29) is 18.0 Å². The van der Waals surface area contributed by atoms with Crippen LogP contribution in [0.1, 0.15) is 69.9 Å². The number of esters is 2. The molecule has 0 amide bonds. The Bertz CT molecular complexity index is 914. The molecule has 1 saturated carbocycles. The van der Waals surface area contributed by atoms with Crippen molar-refractivity contribution in [2.75, 3.05) is 13.2 Å². The summed E-state index contributed by atoms with van der Waals surface area (Å²) in [7, 11) is 0. The summed E-state index contributed by atoms with van der Waals surface area (Å²) in [4.78, 5) is 23.6. The van der Waals surface area contributed by atoms with E-state index in [0.717, 1.165) is 40.8 Å². The van der Waals surface area contributed by atoms with Crippen molar-refractivity contribution in [2.24, 2.45) is 0 Å². The number of benzene rings is 2. The zero-order valence-corrected chi connectivity index (χ0v) is 19.9. The van der Waals surface area contributed by atoms with Gasteiger partial charge in [-0.25, -0.2) is 0 Å². The monoisotopic (exact) mass is 452 g/mol. The van der Waals surface area contributed by atoms with Gasteiger partial charge in [0.15, 0.2) is 0 Å². The molecule has 0 radical (unpaired) electrons. The summed E-state index contributed by atoms with van der Waals surface area (Å²) in [5.41, 5.74) is 4.24. The lowest BCUT2D eigenvalue weighted by Crippen LogP contribution is -2.20. The van der Waals surface area contributed by atoms with Crippen LogP contribution in [0.3, 0.4) is 0 Å². The van der Waals surface area contributed by atoms with Crippen molar-refractivity contribution in [1.82, 2.24) is 0 Å². The Morgan fingerprint density at radius 1 is 0.818 bits per heavy atom. The van der Waals surface area contributed by atoms with Crippen molar-refractivity contribution in [3.8, 4) is 16.9 Å². The lowest BCUT2D eigenvalue weighted by atomic mass is 9.96. The Labute approximate surface area is 197 Å². The number of aryl methyl sites for hydroxylation is 2. The Kier molecular flexibility index (Phi) is 9.79. The van der Waals surface area contributed by atoms with Crippen LogP contribution in [0.4, 0.5) is 0 Å². The number of carbonyl (C=O) groups excluding carboxylic acids is 2. The molecule has 0 atom stereocenters. The first-order chi connectivity index (χ1) is 16.1. The summed E-state index contributed by atoms with van der Waals surface area (Å²) in [6.45, 7) is 4.44. The number of hydrogen-bond donors (Lipinski definition) is 0. The van der Waals surface area contributed by atoms with E-state index in [1.807, 2.05) is 38.1 Å². The molecule has 1 fully saturated rings. The van der Waals surface area contributed by atoms with Gasteiger partial charge in [0.25, 0.3) is 0 Å². The zero-order valence-electron chi connectivity index (χ0n) is 19.9. The summed E-state index contributed by atoms with van der Waals surface area (Å²) in [6, 6.07) is 14.5. The van der Waals surface area contributed by atoms with Crippen molar-refractivity contribution in [2.45, 2.75) is 77.7 Å². The smallest absolute Gasteiger partial charge is 0.306 e. The average Bonchev–Trinajstić information content (AvgIpc) is 2.83. The highest BCUT2D eigenvalue weighted by Crippen LogP contribution is 2.35. The van der Waals surface area contributed by atoms with Crippen molar-refractivity contribution >= 4 is 11.9 Å². The third-order valence-corrected chi connectivity index (χ3v) is 5.97. The first-order valence-corrected chi connectivity index (χ1v) is 12.3. The Hall–Kier alpha value is -2.82. The predicted octanol–water partition coefficient (Wildman–Crippen LogP) is 6.06. The molecule has 2 aromatic carbocycles. The third kappa shape index (κ3) is 7.92. The number of rotatable bonds is 11. The van der Waals surface area contributed by atoms with E-state index >= 15 is 0 Å². The van der Waals surface area contributed by atoms with Crippen LogP contribution < -0.4 is 4.74 Å². The molecule has 0 spiro atoms. The molecule has 0 aromatic heterocycles. The van der Waals surface area contributed by atoms with Gasteiger partial charge in [-0.05, 0) is 81.2 Å². The molecule has 1 aliphatic rings. The van der Waals surface area contributed by atoms with Gasteiger partial charge in [-0.2, -0.15) is 0 Å². The lowest BCUT2D eigenvalue weighted by Gasteiger charge is -2.25. The average molecular weight is 453 g/mol. The minimum atomic E-state index is -0.178. The maximum Gasteiger partial charge on any atom is 0.306 e. The highest BCUT2D eigenvalue weighted by Gasteiger charge is 2.18. The van der Waals surface area contributed by atoms with E-state index in [9.17, 15) is 9.59 Å². The predicted molar refractivity (Wildman–Crippen MR) is 129 cm³/mol. The van der Waals surface area contributed by atoms with Gasteiger partial charge in [-0.3, -0.25) is 9.59 Å². The fourth-order valence-corrected chi connectivity index (χ4v) is 4.28. The van der Waals surface area contributed by atoms with Crippen molar-refractivity contribution in [3.05, 3.63) is 53.6 Å². The molecule has 0 saturated heterocycles. The first-order valence-electron chi connectivity index (χ1n) is 12.3. The number of carbonyl (C=O) groups is 2. The molecular formula is C28H36O5. The molecule has 0 bridgehead atoms. The van der Waals surface area contributed by atoms with E-state index in [0.29, 0.717) is 38.9 Å². The molecule has 0 unspecified atom stereocenters. The first kappa shape index (κ1) is 24.8. The van der Waals surface area contributed by atoms with Gasteiger partial charge in [0.1, 0.15) is 5.75 Å². The molecule has 5 heteroatoms. The minimum Gasteiger partial charge on any atom is -0.490 e. The van der Waals surface area contributed by atoms with Crippen LogP contribution >= 0.6 is 0 Å². The Morgan fingerprint density at radius 3 is 2.09 bits per heavy atom. The van der Waals surface area contributed by atoms with E-state index in [1.165, 1.54) is 19.3 Å². The fourth-order valence-electron chi connectivity index (χ4n) is 4.28. The molecular weight excluding hydrogens is 416 g/mol. The molecule has 2 aromatic rings. The van der Waals surface area contributed by atoms with Gasteiger partial charge >= 0.3 is 11.9 Å². The molecule has 178 valence electrons. The van der Waals surface area contributed by atoms with Gasteiger partial charge in [0.05, 0.1) is 19.3 Å². The molecule has 33 heavy (non-hydrogen) atoms. The lowest BCUT2D eigenvalue weighted by molar-refractivity contribution is -0.144. The van der Waals surface area contributed by atoms with E-state index in [4.69, 9.17) is 14.2 Å². The quantitative estimate of drug-likeness (QED) is 0.388. The van der Waals surface area contributed by atoms with Gasteiger partial charge in [-0.1, -0.05) is 36.8 Å². The molecule has 0 heterocycles. The van der Waals surface area contributed by atoms with Crippen molar-refractivity contribution < 1.29 is 23.8 Å². The Morgan fingerprint density at radius 2 is 1.45 bits per heavy atom. The van der Waals surface area contributed by atoms with Crippen LogP contribution in [0, 0.1) is 0 Å². The summed E-state index contributed by atoms with van der Waals surface area (Å²) < 4.78 is 16.6. The number of ether oxygens (including phenoxy) is 3. The molecule has 1 aliphatic carbocycles. The van der Waals surface area contributed by atoms with E-state index in [2.05, 4.69) is 18.2 Å². The third-order valence-electron chi connectivity index (χ3n) is 5.97. The van der Waals surface area contributed by atoms with Crippen LogP contribution in [0.2, 0.25) is 0 Å². The fraction of sp³-hybridized carbons (Fsp3) is 0.500. The SMILES string of the molecule is CCOC(=O)CCc1cccc(-c2cc(CCC(=O)OCC)ccc2OC2CCCCC2)c1. The number of hydrogen-bond acceptors (Lipinski definition) is 5. The maximum atomic E-state index is 11.8. The van der Waals surface area contributed by atoms with Crippen molar-refractivity contribution in [1.29, 1.82) is 0 Å². The van der Waals surface area contributed by atoms with Crippen LogP contribution in [0.5, 0.6) is 5.75 Å². The second-order valence-corrected chi connectivity index (χ2v) is 8.52. The van der Waals surface area contributed by atoms with Gasteiger partial charge in [0.2, 0.25) is 0 Å². The topological polar surface area (TPSA) is 61.8 Å². The van der Waals surface area contributed by atoms with E-state index < -0.39 is 0 Å². The van der Waals surface area contributed by atoms with E-state index in [1.54, 1.807) is 0 Å². The molecule has 0 N–H and O–H groups in total. The summed E-state index contributed by atoms with van der Waals surface area (Å²) in [5.74, 6) is 0.525. The standard InChI is InChI=1S/C28H36O5/c1-3-31-27(29)17-14-21-9-8-10-23(19-21)25-20-22(15-18-28(30)32-4-2)13-16-26(25)33-24-11-6-5-7-12-24/h8-10,13,16,19-20,24H,3-7,11-12,14-15,17-18H2,1-2H3. The second kappa shape index (κ2) is 13.0. The van der Waals surface area contributed by atoms with Crippen LogP contribution in [-0.4, -0.2) is 31.3 Å². The highest BCUT2D eigenvalue weighted by atomic mass is 16.5. The van der Waals surface area contributed by atoms with Crippen molar-refractivity contribution in [3.63, 3.8) is 0 Å². The normalized spacial score (nSPS) is 14.0. The summed E-state index contributed by atoms with van der Waals surface area (Å²) in [5, 5.41) is 0. The maximum absolute atomic E-state index is 11.8. The summed E-state index contributed by atoms with van der Waals surface area (Å²) in [6.07, 6.45) is 8.09. The largest absolute Gasteiger partial charge is 0.490 e. The van der Waals surface area contributed by atoms with Crippen LogP contribution in [0.25, 0.3) is 11.1 Å². The van der Waals surface area contributed by atoms with Gasteiger partial charge in [0, 0.05) is 18.4 Å². The second-order valence-electron chi connectivity index (χ2n) is 8.52. The zero-order chi connectivity index (χ0) is 23.5. The highest BCUT2D eigenvalue weighted by molar-refractivity contribution is 5.73. The Balaban J connectivity index is 1.82. The minimum absolute atomic E-state index is 0.176. The molecule has 5 nitrogen and oxygen atoms in total. The van der Waals surface area contributed by atoms with Gasteiger partial charge in [-0.15, -0.1) is 0 Å².